The van der Waals surface area contributed by atoms with Gasteiger partial charge in [-0.3, -0.25) is 9.52 Å². The molecule has 1 amide bonds. The van der Waals surface area contributed by atoms with Crippen molar-refractivity contribution in [1.82, 2.24) is 0 Å². The van der Waals surface area contributed by atoms with Gasteiger partial charge in [-0.1, -0.05) is 12.1 Å². The molecule has 172 valence electrons. The highest BCUT2D eigenvalue weighted by Gasteiger charge is 2.34. The second-order valence-corrected chi connectivity index (χ2v) is 8.95. The first-order valence-electron chi connectivity index (χ1n) is 9.96. The van der Waals surface area contributed by atoms with Gasteiger partial charge in [0.05, 0.1) is 17.7 Å². The van der Waals surface area contributed by atoms with Crippen LogP contribution >= 0.6 is 0 Å². The largest absolute Gasteiger partial charge is 0.495 e. The highest BCUT2D eigenvalue weighted by atomic mass is 32.2. The summed E-state index contributed by atoms with van der Waals surface area (Å²) in [4.78, 5) is 12.7. The summed E-state index contributed by atoms with van der Waals surface area (Å²) >= 11 is 0. The average Bonchev–Trinajstić information content (AvgIpc) is 2.79. The van der Waals surface area contributed by atoms with E-state index in [0.29, 0.717) is 17.2 Å². The minimum absolute atomic E-state index is 0.0961. The minimum Gasteiger partial charge on any atom is -0.495 e. The minimum atomic E-state index is -4.02. The van der Waals surface area contributed by atoms with Crippen LogP contribution in [0.15, 0.2) is 71.6 Å². The van der Waals surface area contributed by atoms with Crippen molar-refractivity contribution in [2.45, 2.75) is 24.0 Å². The zero-order valence-electron chi connectivity index (χ0n) is 17.7. The van der Waals surface area contributed by atoms with Crippen molar-refractivity contribution >= 4 is 27.3 Å². The van der Waals surface area contributed by atoms with Gasteiger partial charge < -0.3 is 19.5 Å². The monoisotopic (exact) mass is 472 g/mol. The van der Waals surface area contributed by atoms with Crippen LogP contribution in [0, 0.1) is 5.82 Å². The van der Waals surface area contributed by atoms with Gasteiger partial charge in [0.1, 0.15) is 17.7 Å². The standard InChI is InChI=1S/C23H21FN2O6S/c1-14-22(32-21-6-4-3-5-20(21)31-14)23(27)25-16-9-12-19(30-2)18(13-16)26-33(28,29)17-10-7-15(24)8-11-17/h3-14,22,26H,1-2H3,(H,25,27)/t14-,22-/m0/s1. The van der Waals surface area contributed by atoms with E-state index in [9.17, 15) is 17.6 Å². The lowest BCUT2D eigenvalue weighted by atomic mass is 10.1. The Hall–Kier alpha value is -3.79. The number of rotatable bonds is 6. The lowest BCUT2D eigenvalue weighted by molar-refractivity contribution is -0.128. The lowest BCUT2D eigenvalue weighted by Crippen LogP contribution is -2.46. The van der Waals surface area contributed by atoms with Crippen molar-refractivity contribution in [2.75, 3.05) is 17.1 Å². The van der Waals surface area contributed by atoms with Gasteiger partial charge in [0.15, 0.2) is 11.5 Å². The molecule has 0 bridgehead atoms. The highest BCUT2D eigenvalue weighted by molar-refractivity contribution is 7.92. The normalized spacial score (nSPS) is 17.2. The summed E-state index contributed by atoms with van der Waals surface area (Å²) < 4.78 is 57.8. The van der Waals surface area contributed by atoms with Gasteiger partial charge in [-0.2, -0.15) is 0 Å². The smallest absolute Gasteiger partial charge is 0.269 e. The number of hydrogen-bond acceptors (Lipinski definition) is 6. The Bertz CT molecular complexity index is 1280. The van der Waals surface area contributed by atoms with Crippen LogP contribution in [-0.4, -0.2) is 33.6 Å². The fourth-order valence-electron chi connectivity index (χ4n) is 3.30. The zero-order valence-corrected chi connectivity index (χ0v) is 18.6. The quantitative estimate of drug-likeness (QED) is 0.566. The molecule has 1 aliphatic rings. The number of ether oxygens (including phenoxy) is 3. The summed E-state index contributed by atoms with van der Waals surface area (Å²) in [5.74, 6) is 0.226. The molecule has 0 aromatic heterocycles. The molecule has 8 nitrogen and oxygen atoms in total. The van der Waals surface area contributed by atoms with E-state index >= 15 is 0 Å². The first-order valence-corrected chi connectivity index (χ1v) is 11.4. The molecular formula is C23H21FN2O6S. The Kier molecular flexibility index (Phi) is 6.10. The molecule has 3 aromatic rings. The summed E-state index contributed by atoms with van der Waals surface area (Å²) in [5.41, 5.74) is 0.408. The number of carbonyl (C=O) groups excluding carboxylic acids is 1. The molecule has 2 atom stereocenters. The molecule has 1 aliphatic heterocycles. The molecule has 0 spiro atoms. The van der Waals surface area contributed by atoms with Gasteiger partial charge in [-0.15, -0.1) is 0 Å². The number of anilines is 2. The molecule has 10 heteroatoms. The number of halogens is 1. The van der Waals surface area contributed by atoms with Crippen LogP contribution < -0.4 is 24.2 Å². The van der Waals surface area contributed by atoms with Gasteiger partial charge >= 0.3 is 0 Å². The Balaban J connectivity index is 1.54. The summed E-state index contributed by atoms with van der Waals surface area (Å²) in [5, 5.41) is 2.71. The van der Waals surface area contributed by atoms with E-state index in [1.807, 2.05) is 0 Å². The molecule has 33 heavy (non-hydrogen) atoms. The Morgan fingerprint density at radius 1 is 1.00 bits per heavy atom. The first kappa shape index (κ1) is 22.4. The lowest BCUT2D eigenvalue weighted by Gasteiger charge is -2.31. The Labute approximate surface area is 190 Å². The molecule has 2 N–H and O–H groups in total. The van der Waals surface area contributed by atoms with E-state index in [0.717, 1.165) is 24.3 Å². The topological polar surface area (TPSA) is 103 Å². The SMILES string of the molecule is COc1ccc(NC(=O)[C@H]2Oc3ccccc3O[C@H]2C)cc1NS(=O)(=O)c1ccc(F)cc1. The molecule has 0 unspecified atom stereocenters. The highest BCUT2D eigenvalue weighted by Crippen LogP contribution is 2.34. The summed E-state index contributed by atoms with van der Waals surface area (Å²) in [7, 11) is -2.64. The van der Waals surface area contributed by atoms with Crippen LogP contribution in [-0.2, 0) is 14.8 Å². The van der Waals surface area contributed by atoms with Crippen molar-refractivity contribution in [2.24, 2.45) is 0 Å². The molecule has 3 aromatic carbocycles. The maximum atomic E-state index is 13.2. The summed E-state index contributed by atoms with van der Waals surface area (Å²) in [6.07, 6.45) is -1.46. The van der Waals surface area contributed by atoms with Crippen molar-refractivity contribution in [1.29, 1.82) is 0 Å². The molecule has 0 saturated carbocycles. The summed E-state index contributed by atoms with van der Waals surface area (Å²) in [6.45, 7) is 1.72. The summed E-state index contributed by atoms with van der Waals surface area (Å²) in [6, 6.07) is 15.9. The number of sulfonamides is 1. The molecule has 4 rings (SSSR count). The maximum Gasteiger partial charge on any atom is 0.269 e. The third-order valence-corrected chi connectivity index (χ3v) is 6.32. The van der Waals surface area contributed by atoms with E-state index < -0.39 is 34.0 Å². The van der Waals surface area contributed by atoms with E-state index in [-0.39, 0.29) is 16.3 Å². The molecule has 1 heterocycles. The third kappa shape index (κ3) is 4.85. The number of nitrogens with one attached hydrogen (secondary N) is 2. The van der Waals surface area contributed by atoms with Crippen LogP contribution in [0.25, 0.3) is 0 Å². The number of amides is 1. The zero-order chi connectivity index (χ0) is 23.6. The van der Waals surface area contributed by atoms with Gasteiger partial charge in [0.2, 0.25) is 6.10 Å². The predicted molar refractivity (Wildman–Crippen MR) is 120 cm³/mol. The number of hydrogen-bond donors (Lipinski definition) is 2. The maximum absolute atomic E-state index is 13.2. The van der Waals surface area contributed by atoms with Gasteiger partial charge in [-0.05, 0) is 61.5 Å². The van der Waals surface area contributed by atoms with Gasteiger partial charge in [0.25, 0.3) is 15.9 Å². The number of methoxy groups -OCH3 is 1. The fraction of sp³-hybridized carbons (Fsp3) is 0.174. The molecule has 0 aliphatic carbocycles. The van der Waals surface area contributed by atoms with Crippen molar-refractivity contribution in [3.05, 3.63) is 72.5 Å². The van der Waals surface area contributed by atoms with Crippen LogP contribution in [0.3, 0.4) is 0 Å². The van der Waals surface area contributed by atoms with Crippen LogP contribution in [0.2, 0.25) is 0 Å². The van der Waals surface area contributed by atoms with E-state index in [1.54, 1.807) is 37.3 Å². The Morgan fingerprint density at radius 3 is 2.33 bits per heavy atom. The van der Waals surface area contributed by atoms with E-state index in [4.69, 9.17) is 14.2 Å². The van der Waals surface area contributed by atoms with Crippen LogP contribution in [0.1, 0.15) is 6.92 Å². The predicted octanol–water partition coefficient (Wildman–Crippen LogP) is 3.80. The number of para-hydroxylation sites is 2. The number of fused-ring (bicyclic) bond motifs is 1. The van der Waals surface area contributed by atoms with E-state index in [2.05, 4.69) is 10.0 Å². The number of benzene rings is 3. The fourth-order valence-corrected chi connectivity index (χ4v) is 4.36. The average molecular weight is 472 g/mol. The second-order valence-electron chi connectivity index (χ2n) is 7.27. The Morgan fingerprint density at radius 2 is 1.67 bits per heavy atom. The molecule has 0 saturated heterocycles. The van der Waals surface area contributed by atoms with Crippen LogP contribution in [0.5, 0.6) is 17.2 Å². The molecule has 0 radical (unpaired) electrons. The second kappa shape index (κ2) is 8.99. The van der Waals surface area contributed by atoms with Gasteiger partial charge in [-0.25, -0.2) is 12.8 Å². The first-order chi connectivity index (χ1) is 15.8. The molecule has 0 fully saturated rings. The third-order valence-electron chi connectivity index (χ3n) is 4.94. The van der Waals surface area contributed by atoms with Crippen molar-refractivity contribution in [3.8, 4) is 17.2 Å². The van der Waals surface area contributed by atoms with Crippen LogP contribution in [0.4, 0.5) is 15.8 Å². The molecular weight excluding hydrogens is 451 g/mol. The number of carbonyl (C=O) groups is 1. The van der Waals surface area contributed by atoms with E-state index in [1.165, 1.54) is 19.2 Å². The van der Waals surface area contributed by atoms with Crippen molar-refractivity contribution in [3.63, 3.8) is 0 Å². The van der Waals surface area contributed by atoms with Crippen molar-refractivity contribution < 1.29 is 31.8 Å². The van der Waals surface area contributed by atoms with Gasteiger partial charge in [0, 0.05) is 5.69 Å².